The summed E-state index contributed by atoms with van der Waals surface area (Å²) in [5.74, 6) is 0.440. The fourth-order valence-corrected chi connectivity index (χ4v) is 5.57. The van der Waals surface area contributed by atoms with E-state index in [0.717, 1.165) is 23.1 Å². The van der Waals surface area contributed by atoms with Gasteiger partial charge in [0.05, 0.1) is 11.3 Å². The van der Waals surface area contributed by atoms with Crippen LogP contribution in [0.1, 0.15) is 32.8 Å². The first-order chi connectivity index (χ1) is 15.9. The van der Waals surface area contributed by atoms with E-state index in [9.17, 15) is 9.59 Å². The van der Waals surface area contributed by atoms with E-state index in [1.807, 2.05) is 37.3 Å². The number of carbonyl (C=O) groups excluding carboxylic acids is 1. The van der Waals surface area contributed by atoms with Crippen LogP contribution in [0.15, 0.2) is 58.6 Å². The summed E-state index contributed by atoms with van der Waals surface area (Å²) >= 11 is 2.70. The first-order valence-corrected chi connectivity index (χ1v) is 13.0. The third kappa shape index (κ3) is 5.62. The Morgan fingerprint density at radius 3 is 2.70 bits per heavy atom. The molecule has 4 rings (SSSR count). The minimum atomic E-state index is -0.0594. The summed E-state index contributed by atoms with van der Waals surface area (Å²) in [5.41, 5.74) is 1.88. The van der Waals surface area contributed by atoms with Gasteiger partial charge in [0.25, 0.3) is 5.56 Å². The first kappa shape index (κ1) is 23.4. The summed E-state index contributed by atoms with van der Waals surface area (Å²) in [7, 11) is 0. The van der Waals surface area contributed by atoms with Gasteiger partial charge in [-0.2, -0.15) is 0 Å². The smallest absolute Gasteiger partial charge is 0.272 e. The average molecular weight is 481 g/mol. The summed E-state index contributed by atoms with van der Waals surface area (Å²) in [5, 5.41) is 4.54. The normalized spacial score (nSPS) is 12.5. The van der Waals surface area contributed by atoms with Crippen LogP contribution in [0.4, 0.5) is 0 Å². The minimum Gasteiger partial charge on any atom is -0.353 e. The highest BCUT2D eigenvalue weighted by molar-refractivity contribution is 7.99. The van der Waals surface area contributed by atoms with Gasteiger partial charge >= 0.3 is 0 Å². The molecule has 0 radical (unpaired) electrons. The van der Waals surface area contributed by atoms with E-state index >= 15 is 0 Å². The van der Waals surface area contributed by atoms with Gasteiger partial charge in [-0.15, -0.1) is 11.3 Å². The second kappa shape index (κ2) is 10.5. The van der Waals surface area contributed by atoms with Crippen molar-refractivity contribution >= 4 is 49.4 Å². The number of carbonyl (C=O) groups is 1. The SMILES string of the molecule is CC(C)Cn1c(SCC(=O)N[C@@H](C)CCc2ccccc2)nc2c(sc3ncccc32)c1=O. The molecule has 1 amide bonds. The van der Waals surface area contributed by atoms with Crippen LogP contribution in [0, 0.1) is 5.92 Å². The molecule has 0 unspecified atom stereocenters. The molecular formula is C25H28N4O2S2. The molecule has 0 saturated carbocycles. The van der Waals surface area contributed by atoms with Crippen molar-refractivity contribution in [2.24, 2.45) is 5.92 Å². The molecule has 8 heteroatoms. The lowest BCUT2D eigenvalue weighted by atomic mass is 10.1. The van der Waals surface area contributed by atoms with Gasteiger partial charge < -0.3 is 5.32 Å². The van der Waals surface area contributed by atoms with Crippen molar-refractivity contribution in [3.05, 3.63) is 64.6 Å². The maximum atomic E-state index is 13.3. The first-order valence-electron chi connectivity index (χ1n) is 11.2. The standard InChI is InChI=1S/C25H28N4O2S2/c1-16(2)14-29-24(31)22-21(19-10-7-13-26-23(19)33-22)28-25(29)32-15-20(30)27-17(3)11-12-18-8-5-4-6-9-18/h4-10,13,16-17H,11-12,14-15H2,1-3H3,(H,27,30)/t17-/m0/s1. The molecule has 172 valence electrons. The number of aromatic nitrogens is 3. The highest BCUT2D eigenvalue weighted by Crippen LogP contribution is 2.30. The van der Waals surface area contributed by atoms with E-state index in [1.54, 1.807) is 10.8 Å². The Kier molecular flexibility index (Phi) is 7.45. The predicted molar refractivity (Wildman–Crippen MR) is 137 cm³/mol. The summed E-state index contributed by atoms with van der Waals surface area (Å²) in [6.07, 6.45) is 3.51. The third-order valence-corrected chi connectivity index (χ3v) is 7.38. The number of nitrogens with one attached hydrogen (secondary N) is 1. The Morgan fingerprint density at radius 1 is 1.15 bits per heavy atom. The van der Waals surface area contributed by atoms with Gasteiger partial charge in [-0.3, -0.25) is 14.2 Å². The van der Waals surface area contributed by atoms with Crippen molar-refractivity contribution in [2.75, 3.05) is 5.75 Å². The topological polar surface area (TPSA) is 76.9 Å². The fraction of sp³-hybridized carbons (Fsp3) is 0.360. The van der Waals surface area contributed by atoms with Gasteiger partial charge in [-0.05, 0) is 43.4 Å². The largest absolute Gasteiger partial charge is 0.353 e. The Labute approximate surface area is 201 Å². The van der Waals surface area contributed by atoms with Crippen LogP contribution >= 0.6 is 23.1 Å². The van der Waals surface area contributed by atoms with E-state index in [4.69, 9.17) is 4.98 Å². The van der Waals surface area contributed by atoms with Gasteiger partial charge in [-0.1, -0.05) is 55.9 Å². The molecule has 0 fully saturated rings. The van der Waals surface area contributed by atoms with Gasteiger partial charge in [0.15, 0.2) is 5.16 Å². The molecule has 4 aromatic rings. The lowest BCUT2D eigenvalue weighted by Crippen LogP contribution is -2.34. The molecule has 0 aliphatic carbocycles. The summed E-state index contributed by atoms with van der Waals surface area (Å²) in [6.45, 7) is 6.72. The Hall–Kier alpha value is -2.71. The fourth-order valence-electron chi connectivity index (χ4n) is 3.72. The molecule has 33 heavy (non-hydrogen) atoms. The average Bonchev–Trinajstić information content (AvgIpc) is 3.18. The van der Waals surface area contributed by atoms with E-state index in [-0.39, 0.29) is 29.2 Å². The van der Waals surface area contributed by atoms with Crippen LogP contribution in [-0.2, 0) is 17.8 Å². The number of hydrogen-bond acceptors (Lipinski definition) is 6. The number of hydrogen-bond donors (Lipinski definition) is 1. The zero-order valence-electron chi connectivity index (χ0n) is 19.1. The van der Waals surface area contributed by atoms with Crippen molar-refractivity contribution in [3.63, 3.8) is 0 Å². The lowest BCUT2D eigenvalue weighted by Gasteiger charge is -2.16. The monoisotopic (exact) mass is 480 g/mol. The molecule has 1 atom stereocenters. The molecule has 6 nitrogen and oxygen atoms in total. The number of thioether (sulfide) groups is 1. The van der Waals surface area contributed by atoms with Crippen molar-refractivity contribution in [3.8, 4) is 0 Å². The number of amides is 1. The molecule has 0 spiro atoms. The van der Waals surface area contributed by atoms with Crippen LogP contribution in [0.25, 0.3) is 20.4 Å². The number of benzene rings is 1. The second-order valence-electron chi connectivity index (χ2n) is 8.62. The number of aryl methyl sites for hydroxylation is 1. The molecule has 1 aromatic carbocycles. The molecule has 3 aromatic heterocycles. The Morgan fingerprint density at radius 2 is 1.94 bits per heavy atom. The van der Waals surface area contributed by atoms with Crippen LogP contribution < -0.4 is 10.9 Å². The Balaban J connectivity index is 1.49. The van der Waals surface area contributed by atoms with Crippen LogP contribution in [-0.4, -0.2) is 32.2 Å². The molecule has 1 N–H and O–H groups in total. The van der Waals surface area contributed by atoms with Crippen LogP contribution in [0.5, 0.6) is 0 Å². The van der Waals surface area contributed by atoms with Crippen LogP contribution in [0.3, 0.4) is 0 Å². The quantitative estimate of drug-likeness (QED) is 0.273. The number of nitrogens with zero attached hydrogens (tertiary/aromatic N) is 3. The van der Waals surface area contributed by atoms with Gasteiger partial charge in [0, 0.05) is 24.2 Å². The maximum absolute atomic E-state index is 13.3. The number of rotatable bonds is 9. The summed E-state index contributed by atoms with van der Waals surface area (Å²) < 4.78 is 2.33. The molecule has 0 aliphatic rings. The maximum Gasteiger partial charge on any atom is 0.272 e. The highest BCUT2D eigenvalue weighted by Gasteiger charge is 2.18. The number of pyridine rings is 1. The molecule has 0 bridgehead atoms. The number of fused-ring (bicyclic) bond motifs is 3. The lowest BCUT2D eigenvalue weighted by molar-refractivity contribution is -0.119. The summed E-state index contributed by atoms with van der Waals surface area (Å²) in [6, 6.07) is 14.1. The van der Waals surface area contributed by atoms with Crippen molar-refractivity contribution < 1.29 is 4.79 Å². The van der Waals surface area contributed by atoms with Gasteiger partial charge in [0.2, 0.25) is 5.91 Å². The van der Waals surface area contributed by atoms with Gasteiger partial charge in [0.1, 0.15) is 9.53 Å². The highest BCUT2D eigenvalue weighted by atomic mass is 32.2. The molecular weight excluding hydrogens is 452 g/mol. The molecule has 0 saturated heterocycles. The Bertz CT molecular complexity index is 1310. The molecule has 3 heterocycles. The van der Waals surface area contributed by atoms with Crippen molar-refractivity contribution in [1.29, 1.82) is 0 Å². The predicted octanol–water partition coefficient (Wildman–Crippen LogP) is 4.89. The second-order valence-corrected chi connectivity index (χ2v) is 10.6. The molecule has 0 aliphatic heterocycles. The third-order valence-electron chi connectivity index (χ3n) is 5.31. The van der Waals surface area contributed by atoms with E-state index in [1.165, 1.54) is 28.7 Å². The summed E-state index contributed by atoms with van der Waals surface area (Å²) in [4.78, 5) is 35.9. The van der Waals surface area contributed by atoms with E-state index in [2.05, 4.69) is 36.3 Å². The van der Waals surface area contributed by atoms with Crippen molar-refractivity contribution in [2.45, 2.75) is 51.4 Å². The van der Waals surface area contributed by atoms with Gasteiger partial charge in [-0.25, -0.2) is 9.97 Å². The van der Waals surface area contributed by atoms with E-state index < -0.39 is 0 Å². The minimum absolute atomic E-state index is 0.0529. The zero-order valence-corrected chi connectivity index (χ0v) is 20.7. The van der Waals surface area contributed by atoms with Crippen molar-refractivity contribution in [1.82, 2.24) is 19.9 Å². The van der Waals surface area contributed by atoms with Crippen LogP contribution in [0.2, 0.25) is 0 Å². The number of thiophene rings is 1. The zero-order chi connectivity index (χ0) is 23.4. The van der Waals surface area contributed by atoms with E-state index in [0.29, 0.717) is 21.9 Å².